The van der Waals surface area contributed by atoms with E-state index in [1.165, 1.54) is 0 Å². The largest absolute Gasteiger partial charge is 0.378 e. The zero-order valence-electron chi connectivity index (χ0n) is 10.8. The summed E-state index contributed by atoms with van der Waals surface area (Å²) < 4.78 is 5.41. The summed E-state index contributed by atoms with van der Waals surface area (Å²) in [5.74, 6) is 0.968. The van der Waals surface area contributed by atoms with Crippen molar-refractivity contribution in [2.75, 3.05) is 43.7 Å². The van der Waals surface area contributed by atoms with Gasteiger partial charge in [-0.1, -0.05) is 11.8 Å². The highest BCUT2D eigenvalue weighted by Crippen LogP contribution is 2.32. The van der Waals surface area contributed by atoms with Gasteiger partial charge in [-0.05, 0) is 12.5 Å². The number of nitrogens with zero attached hydrogens (tertiary/aromatic N) is 4. The number of thioether (sulfide) groups is 2. The van der Waals surface area contributed by atoms with E-state index in [9.17, 15) is 0 Å². The average molecular weight is 297 g/mol. The van der Waals surface area contributed by atoms with Gasteiger partial charge in [-0.25, -0.2) is 9.97 Å². The lowest BCUT2D eigenvalue weighted by atomic mass is 10.3. The van der Waals surface area contributed by atoms with Gasteiger partial charge in [0.05, 0.1) is 18.6 Å². The van der Waals surface area contributed by atoms with Crippen molar-refractivity contribution in [1.29, 1.82) is 0 Å². The van der Waals surface area contributed by atoms with E-state index in [4.69, 9.17) is 4.74 Å². The van der Waals surface area contributed by atoms with Crippen LogP contribution in [0.4, 0.5) is 5.82 Å². The first-order valence-corrected chi connectivity index (χ1v) is 8.45. The number of morpholine rings is 1. The van der Waals surface area contributed by atoms with E-state index >= 15 is 0 Å². The molecule has 0 spiro atoms. The normalized spacial score (nSPS) is 16.2. The molecule has 0 aliphatic carbocycles. The van der Waals surface area contributed by atoms with Crippen LogP contribution in [-0.4, -0.2) is 59.0 Å². The van der Waals surface area contributed by atoms with Crippen LogP contribution >= 0.6 is 23.5 Å². The Bertz CT molecular complexity index is 582. The molecule has 3 rings (SSSR count). The van der Waals surface area contributed by atoms with Crippen LogP contribution in [0.5, 0.6) is 0 Å². The Balaban J connectivity index is 2.15. The number of H-pyrrole nitrogens is 1. The lowest BCUT2D eigenvalue weighted by Gasteiger charge is -2.28. The Morgan fingerprint density at radius 1 is 1.16 bits per heavy atom. The fraction of sp³-hybridized carbons (Fsp3) is 0.545. The fourth-order valence-electron chi connectivity index (χ4n) is 2.11. The van der Waals surface area contributed by atoms with Crippen molar-refractivity contribution in [2.45, 2.75) is 10.2 Å². The molecule has 0 bridgehead atoms. The van der Waals surface area contributed by atoms with Crippen molar-refractivity contribution >= 4 is 40.4 Å². The van der Waals surface area contributed by atoms with Crippen LogP contribution in [0.15, 0.2) is 10.2 Å². The second-order valence-corrected chi connectivity index (χ2v) is 5.66. The molecule has 102 valence electrons. The lowest BCUT2D eigenvalue weighted by molar-refractivity contribution is 0.122. The molecular formula is C11H15N5OS2. The first kappa shape index (κ1) is 13.0. The van der Waals surface area contributed by atoms with Gasteiger partial charge in [-0.3, -0.25) is 5.10 Å². The van der Waals surface area contributed by atoms with Crippen molar-refractivity contribution in [3.63, 3.8) is 0 Å². The highest BCUT2D eigenvalue weighted by Gasteiger charge is 2.21. The minimum absolute atomic E-state index is 0.743. The minimum atomic E-state index is 0.743. The third-order valence-electron chi connectivity index (χ3n) is 3.03. The molecule has 0 aromatic carbocycles. The highest BCUT2D eigenvalue weighted by molar-refractivity contribution is 7.98. The molecule has 8 heteroatoms. The van der Waals surface area contributed by atoms with Gasteiger partial charge < -0.3 is 9.64 Å². The summed E-state index contributed by atoms with van der Waals surface area (Å²) in [6.07, 6.45) is 4.00. The summed E-state index contributed by atoms with van der Waals surface area (Å²) in [6, 6.07) is 0. The maximum absolute atomic E-state index is 5.41. The van der Waals surface area contributed by atoms with E-state index in [0.29, 0.717) is 0 Å². The first-order valence-electron chi connectivity index (χ1n) is 6.00. The minimum Gasteiger partial charge on any atom is -0.378 e. The summed E-state index contributed by atoms with van der Waals surface area (Å²) >= 11 is 3.15. The summed E-state index contributed by atoms with van der Waals surface area (Å²) in [7, 11) is 0. The molecule has 0 unspecified atom stereocenters. The standard InChI is InChI=1S/C11H15N5OS2/c1-18-10-7-8(14-15-10)12-11(19-2)13-9(7)16-3-5-17-6-4-16/h3-6H2,1-2H3,(H,12,13,14,15). The molecule has 19 heavy (non-hydrogen) atoms. The van der Waals surface area contributed by atoms with Gasteiger partial charge in [0.2, 0.25) is 0 Å². The van der Waals surface area contributed by atoms with Crippen molar-refractivity contribution in [3.8, 4) is 0 Å². The molecule has 1 fully saturated rings. The monoisotopic (exact) mass is 297 g/mol. The van der Waals surface area contributed by atoms with Crippen molar-refractivity contribution in [1.82, 2.24) is 20.2 Å². The summed E-state index contributed by atoms with van der Waals surface area (Å²) in [5, 5.41) is 10.1. The van der Waals surface area contributed by atoms with Gasteiger partial charge >= 0.3 is 0 Å². The smallest absolute Gasteiger partial charge is 0.191 e. The molecule has 1 N–H and O–H groups in total. The number of hydrogen-bond acceptors (Lipinski definition) is 7. The number of nitrogens with one attached hydrogen (secondary N) is 1. The number of fused-ring (bicyclic) bond motifs is 1. The quantitative estimate of drug-likeness (QED) is 0.682. The summed E-state index contributed by atoms with van der Waals surface area (Å²) in [5.41, 5.74) is 0.810. The van der Waals surface area contributed by atoms with E-state index in [0.717, 1.165) is 53.3 Å². The SMILES string of the molecule is CSc1nc(N2CCOCC2)c2c(SC)n[nH]c2n1. The molecule has 3 heterocycles. The van der Waals surface area contributed by atoms with Gasteiger partial charge in [-0.15, -0.1) is 11.8 Å². The van der Waals surface area contributed by atoms with Crippen LogP contribution in [-0.2, 0) is 4.74 Å². The van der Waals surface area contributed by atoms with Gasteiger partial charge in [-0.2, -0.15) is 5.10 Å². The molecule has 0 saturated carbocycles. The van der Waals surface area contributed by atoms with Crippen LogP contribution in [0.3, 0.4) is 0 Å². The van der Waals surface area contributed by atoms with Gasteiger partial charge in [0.1, 0.15) is 10.8 Å². The fourth-order valence-corrected chi connectivity index (χ4v) is 3.00. The molecule has 2 aromatic rings. The predicted molar refractivity (Wildman–Crippen MR) is 78.3 cm³/mol. The number of rotatable bonds is 3. The molecule has 1 aliphatic rings. The third-order valence-corrected chi connectivity index (χ3v) is 4.26. The molecule has 2 aromatic heterocycles. The maximum Gasteiger partial charge on any atom is 0.191 e. The molecule has 1 saturated heterocycles. The third kappa shape index (κ3) is 2.39. The van der Waals surface area contributed by atoms with Gasteiger partial charge in [0.25, 0.3) is 0 Å². The Hall–Kier alpha value is -0.990. The molecule has 0 radical (unpaired) electrons. The first-order chi connectivity index (χ1) is 9.33. The van der Waals surface area contributed by atoms with Crippen molar-refractivity contribution < 1.29 is 4.74 Å². The van der Waals surface area contributed by atoms with Crippen LogP contribution in [0.2, 0.25) is 0 Å². The second kappa shape index (κ2) is 5.56. The van der Waals surface area contributed by atoms with Crippen molar-refractivity contribution in [3.05, 3.63) is 0 Å². The Morgan fingerprint density at radius 3 is 2.63 bits per heavy atom. The highest BCUT2D eigenvalue weighted by atomic mass is 32.2. The van der Waals surface area contributed by atoms with Gasteiger partial charge in [0, 0.05) is 13.1 Å². The van der Waals surface area contributed by atoms with Gasteiger partial charge in [0.15, 0.2) is 10.8 Å². The molecule has 1 aliphatic heterocycles. The van der Waals surface area contributed by atoms with E-state index in [1.807, 2.05) is 12.5 Å². The zero-order valence-corrected chi connectivity index (χ0v) is 12.5. The van der Waals surface area contributed by atoms with E-state index in [-0.39, 0.29) is 0 Å². The molecular weight excluding hydrogens is 282 g/mol. The summed E-state index contributed by atoms with van der Waals surface area (Å²) in [4.78, 5) is 11.4. The summed E-state index contributed by atoms with van der Waals surface area (Å²) in [6.45, 7) is 3.21. The lowest BCUT2D eigenvalue weighted by Crippen LogP contribution is -2.37. The number of aromatic amines is 1. The number of hydrogen-bond donors (Lipinski definition) is 1. The number of aromatic nitrogens is 4. The molecule has 0 atom stereocenters. The van der Waals surface area contributed by atoms with Crippen LogP contribution in [0.25, 0.3) is 11.0 Å². The Labute approximate surface area is 119 Å². The Morgan fingerprint density at radius 2 is 1.95 bits per heavy atom. The topological polar surface area (TPSA) is 66.9 Å². The number of anilines is 1. The molecule has 0 amide bonds. The molecule has 6 nitrogen and oxygen atoms in total. The van der Waals surface area contributed by atoms with Crippen LogP contribution in [0.1, 0.15) is 0 Å². The predicted octanol–water partition coefficient (Wildman–Crippen LogP) is 1.63. The van der Waals surface area contributed by atoms with E-state index in [2.05, 4.69) is 25.1 Å². The average Bonchev–Trinajstić information content (AvgIpc) is 2.90. The Kier molecular flexibility index (Phi) is 3.81. The zero-order chi connectivity index (χ0) is 13.2. The van der Waals surface area contributed by atoms with E-state index in [1.54, 1.807) is 23.5 Å². The number of ether oxygens (including phenoxy) is 1. The van der Waals surface area contributed by atoms with Crippen molar-refractivity contribution in [2.24, 2.45) is 0 Å². The van der Waals surface area contributed by atoms with Crippen LogP contribution < -0.4 is 4.90 Å². The van der Waals surface area contributed by atoms with E-state index < -0.39 is 0 Å². The maximum atomic E-state index is 5.41. The van der Waals surface area contributed by atoms with Crippen LogP contribution in [0, 0.1) is 0 Å². The second-order valence-electron chi connectivity index (χ2n) is 4.09.